The van der Waals surface area contributed by atoms with E-state index < -0.39 is 22.5 Å². The van der Waals surface area contributed by atoms with Crippen molar-refractivity contribution in [2.45, 2.75) is 18.2 Å². The maximum atomic E-state index is 11.9. The number of amides is 1. The van der Waals surface area contributed by atoms with Gasteiger partial charge in [0.1, 0.15) is 4.90 Å². The highest BCUT2D eigenvalue weighted by molar-refractivity contribution is 7.89. The lowest BCUT2D eigenvalue weighted by atomic mass is 10.4. The molecule has 7 nitrogen and oxygen atoms in total. The second-order valence-corrected chi connectivity index (χ2v) is 5.32. The first-order valence-corrected chi connectivity index (χ1v) is 6.91. The first-order chi connectivity index (χ1) is 8.47. The molecule has 4 N–H and O–H groups in total. The lowest BCUT2D eigenvalue weighted by Crippen LogP contribution is -2.33. The summed E-state index contributed by atoms with van der Waals surface area (Å²) in [6.45, 7) is 2.17. The summed E-state index contributed by atoms with van der Waals surface area (Å²) < 4.78 is 26.0. The van der Waals surface area contributed by atoms with Crippen molar-refractivity contribution in [3.05, 3.63) is 18.5 Å². The zero-order chi connectivity index (χ0) is 13.6. The molecule has 0 bridgehead atoms. The third-order valence-electron chi connectivity index (χ3n) is 2.08. The molecule has 0 fully saturated rings. The molecule has 0 aliphatic carbocycles. The number of aromatic nitrogens is 1. The Kier molecular flexibility index (Phi) is 5.05. The maximum Gasteiger partial charge on any atom is 0.244 e. The van der Waals surface area contributed by atoms with E-state index in [1.54, 1.807) is 6.07 Å². The van der Waals surface area contributed by atoms with Crippen LogP contribution in [-0.4, -0.2) is 32.4 Å². The summed E-state index contributed by atoms with van der Waals surface area (Å²) in [4.78, 5) is 14.4. The van der Waals surface area contributed by atoms with Crippen LogP contribution in [0.25, 0.3) is 0 Å². The van der Waals surface area contributed by atoms with Gasteiger partial charge in [-0.05, 0) is 12.5 Å². The SMILES string of the molecule is CCCNc1ccncc1S(=O)(=O)NCC(N)=O. The second-order valence-electron chi connectivity index (χ2n) is 3.59. The quantitative estimate of drug-likeness (QED) is 0.628. The van der Waals surface area contributed by atoms with Crippen LogP contribution in [0.1, 0.15) is 13.3 Å². The number of primary amides is 1. The first-order valence-electron chi connectivity index (χ1n) is 5.43. The van der Waals surface area contributed by atoms with Crippen LogP contribution < -0.4 is 15.8 Å². The topological polar surface area (TPSA) is 114 Å². The molecule has 0 aliphatic rings. The van der Waals surface area contributed by atoms with E-state index in [0.29, 0.717) is 12.2 Å². The average Bonchev–Trinajstić information content (AvgIpc) is 2.34. The van der Waals surface area contributed by atoms with Crippen LogP contribution in [0.15, 0.2) is 23.4 Å². The van der Waals surface area contributed by atoms with Gasteiger partial charge in [0.15, 0.2) is 0 Å². The minimum atomic E-state index is -3.79. The molecule has 0 radical (unpaired) electrons. The van der Waals surface area contributed by atoms with Gasteiger partial charge in [-0.1, -0.05) is 6.92 Å². The molecular weight excluding hydrogens is 256 g/mol. The van der Waals surface area contributed by atoms with E-state index in [9.17, 15) is 13.2 Å². The van der Waals surface area contributed by atoms with Crippen LogP contribution in [0.5, 0.6) is 0 Å². The molecule has 1 rings (SSSR count). The molecule has 8 heteroatoms. The van der Waals surface area contributed by atoms with E-state index in [1.165, 1.54) is 12.4 Å². The molecule has 0 atom stereocenters. The number of anilines is 1. The highest BCUT2D eigenvalue weighted by atomic mass is 32.2. The third kappa shape index (κ3) is 3.97. The van der Waals surface area contributed by atoms with Gasteiger partial charge in [0, 0.05) is 18.9 Å². The Labute approximate surface area is 106 Å². The fourth-order valence-corrected chi connectivity index (χ4v) is 2.36. The highest BCUT2D eigenvalue weighted by Crippen LogP contribution is 2.18. The molecule has 1 aromatic rings. The van der Waals surface area contributed by atoms with E-state index in [2.05, 4.69) is 15.0 Å². The zero-order valence-corrected chi connectivity index (χ0v) is 10.8. The predicted molar refractivity (Wildman–Crippen MR) is 67.4 cm³/mol. The smallest absolute Gasteiger partial charge is 0.244 e. The van der Waals surface area contributed by atoms with E-state index >= 15 is 0 Å². The minimum Gasteiger partial charge on any atom is -0.384 e. The third-order valence-corrected chi connectivity index (χ3v) is 3.50. The Balaban J connectivity index is 2.96. The van der Waals surface area contributed by atoms with Crippen LogP contribution in [0.3, 0.4) is 0 Å². The van der Waals surface area contributed by atoms with Gasteiger partial charge in [0.25, 0.3) is 0 Å². The summed E-state index contributed by atoms with van der Waals surface area (Å²) >= 11 is 0. The second kappa shape index (κ2) is 6.31. The lowest BCUT2D eigenvalue weighted by molar-refractivity contribution is -0.116. The molecule has 0 aromatic carbocycles. The van der Waals surface area contributed by atoms with Gasteiger partial charge in [-0.25, -0.2) is 13.1 Å². The van der Waals surface area contributed by atoms with Crippen molar-refractivity contribution < 1.29 is 13.2 Å². The molecule has 0 spiro atoms. The standard InChI is InChI=1S/C10H16N4O3S/c1-2-4-13-8-3-5-12-6-9(8)18(16,17)14-7-10(11)15/h3,5-6,14H,2,4,7H2,1H3,(H2,11,15)(H,12,13). The van der Waals surface area contributed by atoms with Crippen LogP contribution in [0, 0.1) is 0 Å². The van der Waals surface area contributed by atoms with Gasteiger partial charge in [-0.15, -0.1) is 0 Å². The average molecular weight is 272 g/mol. The molecule has 0 saturated carbocycles. The minimum absolute atomic E-state index is 0.000278. The van der Waals surface area contributed by atoms with E-state index in [4.69, 9.17) is 5.73 Å². The predicted octanol–water partition coefficient (Wildman–Crippen LogP) is -0.333. The van der Waals surface area contributed by atoms with Crippen molar-refractivity contribution in [2.75, 3.05) is 18.4 Å². The summed E-state index contributed by atoms with van der Waals surface area (Å²) in [6, 6.07) is 1.56. The molecule has 0 unspecified atom stereocenters. The number of carbonyl (C=O) groups is 1. The van der Waals surface area contributed by atoms with Crippen molar-refractivity contribution >= 4 is 21.6 Å². The number of nitrogens with two attached hydrogens (primary N) is 1. The van der Waals surface area contributed by atoms with Crippen molar-refractivity contribution in [2.24, 2.45) is 5.73 Å². The number of hydrogen-bond acceptors (Lipinski definition) is 5. The Hall–Kier alpha value is -1.67. The Morgan fingerprint density at radius 1 is 1.50 bits per heavy atom. The fourth-order valence-electron chi connectivity index (χ4n) is 1.24. The first kappa shape index (κ1) is 14.4. The van der Waals surface area contributed by atoms with E-state index in [1.807, 2.05) is 6.92 Å². The van der Waals surface area contributed by atoms with Gasteiger partial charge in [-0.3, -0.25) is 9.78 Å². The van der Waals surface area contributed by atoms with E-state index in [0.717, 1.165) is 6.42 Å². The van der Waals surface area contributed by atoms with Gasteiger partial charge in [0.05, 0.1) is 12.2 Å². The van der Waals surface area contributed by atoms with E-state index in [-0.39, 0.29) is 4.90 Å². The van der Waals surface area contributed by atoms with Crippen LogP contribution in [0.2, 0.25) is 0 Å². The van der Waals surface area contributed by atoms with Gasteiger partial charge < -0.3 is 11.1 Å². The van der Waals surface area contributed by atoms with Gasteiger partial charge in [0.2, 0.25) is 15.9 Å². The zero-order valence-electron chi connectivity index (χ0n) is 10.0. The lowest BCUT2D eigenvalue weighted by Gasteiger charge is -2.11. The monoisotopic (exact) mass is 272 g/mol. The highest BCUT2D eigenvalue weighted by Gasteiger charge is 2.18. The fraction of sp³-hybridized carbons (Fsp3) is 0.400. The molecule has 100 valence electrons. The largest absolute Gasteiger partial charge is 0.384 e. The normalized spacial score (nSPS) is 11.2. The number of pyridine rings is 1. The molecule has 1 heterocycles. The van der Waals surface area contributed by atoms with Crippen molar-refractivity contribution in [3.63, 3.8) is 0 Å². The number of nitrogens with one attached hydrogen (secondary N) is 2. The summed E-state index contributed by atoms with van der Waals surface area (Å²) in [6.07, 6.45) is 3.57. The number of hydrogen-bond donors (Lipinski definition) is 3. The molecule has 1 amide bonds. The van der Waals surface area contributed by atoms with Gasteiger partial charge in [-0.2, -0.15) is 0 Å². The summed E-state index contributed by atoms with van der Waals surface area (Å²) in [7, 11) is -3.79. The van der Waals surface area contributed by atoms with Crippen LogP contribution >= 0.6 is 0 Å². The molecule has 0 saturated heterocycles. The van der Waals surface area contributed by atoms with Crippen LogP contribution in [-0.2, 0) is 14.8 Å². The Bertz CT molecular complexity index is 516. The number of carbonyl (C=O) groups excluding carboxylic acids is 1. The van der Waals surface area contributed by atoms with Crippen molar-refractivity contribution in [3.8, 4) is 0 Å². The number of sulfonamides is 1. The van der Waals surface area contributed by atoms with Gasteiger partial charge >= 0.3 is 0 Å². The summed E-state index contributed by atoms with van der Waals surface area (Å²) in [5, 5.41) is 2.98. The Morgan fingerprint density at radius 2 is 2.22 bits per heavy atom. The van der Waals surface area contributed by atoms with Crippen LogP contribution in [0.4, 0.5) is 5.69 Å². The van der Waals surface area contributed by atoms with Crippen molar-refractivity contribution in [1.82, 2.24) is 9.71 Å². The van der Waals surface area contributed by atoms with Crippen molar-refractivity contribution in [1.29, 1.82) is 0 Å². The summed E-state index contributed by atoms with van der Waals surface area (Å²) in [5.74, 6) is -0.745. The number of nitrogens with zero attached hydrogens (tertiary/aromatic N) is 1. The summed E-state index contributed by atoms with van der Waals surface area (Å²) in [5.41, 5.74) is 5.35. The molecule has 0 aliphatic heterocycles. The maximum absolute atomic E-state index is 11.9. The Morgan fingerprint density at radius 3 is 2.83 bits per heavy atom. The molecular formula is C10H16N4O3S. The number of rotatable bonds is 7. The molecule has 18 heavy (non-hydrogen) atoms. The molecule has 1 aromatic heterocycles.